The molecule has 0 saturated heterocycles. The van der Waals surface area contributed by atoms with Gasteiger partial charge in [0.25, 0.3) is 0 Å². The van der Waals surface area contributed by atoms with Crippen LogP contribution in [0, 0.1) is 5.92 Å². The van der Waals surface area contributed by atoms with Gasteiger partial charge < -0.3 is 4.42 Å². The van der Waals surface area contributed by atoms with E-state index in [0.717, 1.165) is 22.0 Å². The van der Waals surface area contributed by atoms with Crippen LogP contribution in [0.15, 0.2) is 21.2 Å². The van der Waals surface area contributed by atoms with Crippen molar-refractivity contribution >= 4 is 31.9 Å². The maximum Gasteiger partial charge on any atom is 0.118 e. The van der Waals surface area contributed by atoms with Crippen LogP contribution in [0.5, 0.6) is 0 Å². The van der Waals surface area contributed by atoms with Crippen molar-refractivity contribution in [2.45, 2.75) is 13.3 Å². The van der Waals surface area contributed by atoms with E-state index in [9.17, 15) is 0 Å². The summed E-state index contributed by atoms with van der Waals surface area (Å²) < 4.78 is 6.34. The van der Waals surface area contributed by atoms with Gasteiger partial charge in [0.05, 0.1) is 10.7 Å². The lowest BCUT2D eigenvalue weighted by molar-refractivity contribution is 0.473. The van der Waals surface area contributed by atoms with Gasteiger partial charge in [0.1, 0.15) is 5.76 Å². The summed E-state index contributed by atoms with van der Waals surface area (Å²) in [6, 6.07) is 1.93. The summed E-state index contributed by atoms with van der Waals surface area (Å²) >= 11 is 6.84. The molecule has 0 aliphatic carbocycles. The van der Waals surface area contributed by atoms with Gasteiger partial charge >= 0.3 is 0 Å². The molecule has 1 unspecified atom stereocenters. The zero-order valence-corrected chi connectivity index (χ0v) is 9.48. The summed E-state index contributed by atoms with van der Waals surface area (Å²) in [5.74, 6) is 1.66. The fraction of sp³-hybridized carbons (Fsp3) is 0.500. The number of hydrogen-bond acceptors (Lipinski definition) is 1. The highest BCUT2D eigenvalue weighted by Gasteiger charge is 2.07. The summed E-state index contributed by atoms with van der Waals surface area (Å²) in [5, 5.41) is 1.01. The molecule has 62 valence electrons. The molecular formula is C8H10Br2O. The van der Waals surface area contributed by atoms with Crippen LogP contribution in [0.3, 0.4) is 0 Å². The third kappa shape index (κ3) is 2.64. The Morgan fingerprint density at radius 3 is 2.82 bits per heavy atom. The third-order valence-electron chi connectivity index (χ3n) is 1.49. The molecular weight excluding hydrogens is 272 g/mol. The fourth-order valence-electron chi connectivity index (χ4n) is 0.842. The number of hydrogen-bond donors (Lipinski definition) is 0. The van der Waals surface area contributed by atoms with Crippen molar-refractivity contribution < 1.29 is 4.42 Å². The van der Waals surface area contributed by atoms with Gasteiger partial charge in [-0.1, -0.05) is 22.9 Å². The van der Waals surface area contributed by atoms with Gasteiger partial charge in [-0.05, 0) is 27.9 Å². The molecule has 1 nitrogen and oxygen atoms in total. The molecule has 11 heavy (non-hydrogen) atoms. The number of rotatable bonds is 3. The number of furan rings is 1. The van der Waals surface area contributed by atoms with Crippen LogP contribution in [0.4, 0.5) is 0 Å². The molecule has 0 aliphatic rings. The van der Waals surface area contributed by atoms with Gasteiger partial charge in [-0.2, -0.15) is 0 Å². The zero-order valence-electron chi connectivity index (χ0n) is 6.31. The van der Waals surface area contributed by atoms with E-state index in [2.05, 4.69) is 38.8 Å². The van der Waals surface area contributed by atoms with Crippen LogP contribution in [-0.2, 0) is 6.42 Å². The van der Waals surface area contributed by atoms with Gasteiger partial charge in [-0.25, -0.2) is 0 Å². The Morgan fingerprint density at radius 2 is 2.36 bits per heavy atom. The molecule has 0 aromatic carbocycles. The summed E-state index contributed by atoms with van der Waals surface area (Å²) in [6.45, 7) is 2.18. The molecule has 0 spiro atoms. The molecule has 1 heterocycles. The second-order valence-electron chi connectivity index (χ2n) is 2.66. The van der Waals surface area contributed by atoms with Crippen molar-refractivity contribution in [2.24, 2.45) is 5.92 Å². The molecule has 0 bridgehead atoms. The van der Waals surface area contributed by atoms with Gasteiger partial charge in [0.2, 0.25) is 0 Å². The molecule has 1 rings (SSSR count). The average Bonchev–Trinajstić information content (AvgIpc) is 2.37. The Labute approximate surface area is 83.4 Å². The smallest absolute Gasteiger partial charge is 0.118 e. The second kappa shape index (κ2) is 4.31. The van der Waals surface area contributed by atoms with Crippen molar-refractivity contribution in [1.82, 2.24) is 0 Å². The molecule has 1 aromatic heterocycles. The first-order valence-electron chi connectivity index (χ1n) is 3.52. The Morgan fingerprint density at radius 1 is 1.64 bits per heavy atom. The van der Waals surface area contributed by atoms with E-state index < -0.39 is 0 Å². The summed E-state index contributed by atoms with van der Waals surface area (Å²) in [5.41, 5.74) is 0. The van der Waals surface area contributed by atoms with Crippen molar-refractivity contribution in [2.75, 3.05) is 5.33 Å². The maximum absolute atomic E-state index is 5.27. The van der Waals surface area contributed by atoms with Crippen molar-refractivity contribution in [3.63, 3.8) is 0 Å². The number of halogens is 2. The van der Waals surface area contributed by atoms with Gasteiger partial charge in [0.15, 0.2) is 0 Å². The highest BCUT2D eigenvalue weighted by atomic mass is 79.9. The minimum atomic E-state index is 0.623. The predicted octanol–water partition coefficient (Wildman–Crippen LogP) is 3.62. The van der Waals surface area contributed by atoms with E-state index in [1.807, 2.05) is 6.07 Å². The molecule has 0 saturated carbocycles. The summed E-state index contributed by atoms with van der Waals surface area (Å²) in [6.07, 6.45) is 2.69. The van der Waals surface area contributed by atoms with E-state index in [0.29, 0.717) is 5.92 Å². The Kier molecular flexibility index (Phi) is 3.66. The highest BCUT2D eigenvalue weighted by molar-refractivity contribution is 9.10. The predicted molar refractivity (Wildman–Crippen MR) is 53.1 cm³/mol. The number of alkyl halides is 1. The monoisotopic (exact) mass is 280 g/mol. The van der Waals surface area contributed by atoms with Gasteiger partial charge in [-0.3, -0.25) is 0 Å². The second-order valence-corrected chi connectivity index (χ2v) is 4.16. The maximum atomic E-state index is 5.27. The van der Waals surface area contributed by atoms with Crippen LogP contribution >= 0.6 is 31.9 Å². The van der Waals surface area contributed by atoms with Crippen LogP contribution in [0.1, 0.15) is 12.7 Å². The highest BCUT2D eigenvalue weighted by Crippen LogP contribution is 2.21. The molecule has 1 aromatic rings. The van der Waals surface area contributed by atoms with Crippen molar-refractivity contribution in [3.05, 3.63) is 22.6 Å². The van der Waals surface area contributed by atoms with E-state index in [4.69, 9.17) is 4.42 Å². The lowest BCUT2D eigenvalue weighted by atomic mass is 10.1. The van der Waals surface area contributed by atoms with E-state index in [-0.39, 0.29) is 0 Å². The quantitative estimate of drug-likeness (QED) is 0.772. The molecule has 0 amide bonds. The first-order valence-corrected chi connectivity index (χ1v) is 5.43. The van der Waals surface area contributed by atoms with Crippen molar-refractivity contribution in [1.29, 1.82) is 0 Å². The Hall–Kier alpha value is 0.240. The van der Waals surface area contributed by atoms with Crippen LogP contribution in [0.25, 0.3) is 0 Å². The molecule has 0 radical (unpaired) electrons. The lowest BCUT2D eigenvalue weighted by Gasteiger charge is -2.03. The lowest BCUT2D eigenvalue weighted by Crippen LogP contribution is -1.99. The molecule has 1 atom stereocenters. The standard InChI is InChI=1S/C8H10Br2O/c1-6(5-9)4-8-7(10)2-3-11-8/h2-3,6H,4-5H2,1H3. The largest absolute Gasteiger partial charge is 0.468 e. The molecule has 0 aliphatic heterocycles. The minimum Gasteiger partial charge on any atom is -0.468 e. The normalized spacial score (nSPS) is 13.4. The van der Waals surface area contributed by atoms with E-state index >= 15 is 0 Å². The van der Waals surface area contributed by atoms with Crippen LogP contribution in [0.2, 0.25) is 0 Å². The molecule has 3 heteroatoms. The summed E-state index contributed by atoms with van der Waals surface area (Å²) in [4.78, 5) is 0. The third-order valence-corrected chi connectivity index (χ3v) is 3.30. The first-order chi connectivity index (χ1) is 5.24. The minimum absolute atomic E-state index is 0.623. The van der Waals surface area contributed by atoms with Crippen LogP contribution in [-0.4, -0.2) is 5.33 Å². The van der Waals surface area contributed by atoms with Gasteiger partial charge in [0, 0.05) is 11.8 Å². The fourth-order valence-corrected chi connectivity index (χ4v) is 1.43. The molecule has 0 fully saturated rings. The molecule has 0 N–H and O–H groups in total. The van der Waals surface area contributed by atoms with E-state index in [1.165, 1.54) is 0 Å². The average molecular weight is 282 g/mol. The summed E-state index contributed by atoms with van der Waals surface area (Å²) in [7, 11) is 0. The SMILES string of the molecule is CC(CBr)Cc1occc1Br. The zero-order chi connectivity index (χ0) is 8.27. The Balaban J connectivity index is 2.56. The Bertz CT molecular complexity index is 220. The first kappa shape index (κ1) is 9.33. The van der Waals surface area contributed by atoms with Crippen LogP contribution < -0.4 is 0 Å². The van der Waals surface area contributed by atoms with Crippen molar-refractivity contribution in [3.8, 4) is 0 Å². The van der Waals surface area contributed by atoms with E-state index in [1.54, 1.807) is 6.26 Å². The van der Waals surface area contributed by atoms with Gasteiger partial charge in [-0.15, -0.1) is 0 Å². The topological polar surface area (TPSA) is 13.1 Å².